The fourth-order valence-electron chi connectivity index (χ4n) is 2.97. The summed E-state index contributed by atoms with van der Waals surface area (Å²) in [6.45, 7) is 4.81. The second-order valence-electron chi connectivity index (χ2n) is 5.45. The molecule has 1 heterocycles. The summed E-state index contributed by atoms with van der Waals surface area (Å²) in [6, 6.07) is 5.89. The molecule has 1 aromatic carbocycles. The lowest BCUT2D eigenvalue weighted by Gasteiger charge is -2.38. The Labute approximate surface area is 115 Å². The Bertz CT molecular complexity index is 428. The van der Waals surface area contributed by atoms with Crippen molar-refractivity contribution in [2.75, 3.05) is 13.7 Å². The number of ether oxygens (including phenoxy) is 2. The molecule has 2 unspecified atom stereocenters. The Morgan fingerprint density at radius 1 is 1.47 bits per heavy atom. The van der Waals surface area contributed by atoms with Crippen LogP contribution in [-0.4, -0.2) is 24.9 Å². The number of aryl methyl sites for hydroxylation is 1. The van der Waals surface area contributed by atoms with Crippen LogP contribution in [0.5, 0.6) is 5.75 Å². The van der Waals surface area contributed by atoms with E-state index in [1.807, 2.05) is 25.1 Å². The summed E-state index contributed by atoms with van der Waals surface area (Å²) in [6.07, 6.45) is 3.62. The standard InChI is InChI=1S/C16H24O3/c1-4-5-14-11-16(17,8-9-19-14)15-7-6-13(18-3)10-12(15)2/h6-7,10,14,17H,4-5,8-9,11H2,1-3H3. The molecule has 1 aliphatic rings. The highest BCUT2D eigenvalue weighted by molar-refractivity contribution is 5.38. The van der Waals surface area contributed by atoms with Crippen molar-refractivity contribution in [1.29, 1.82) is 0 Å². The van der Waals surface area contributed by atoms with Gasteiger partial charge in [-0.05, 0) is 36.6 Å². The van der Waals surface area contributed by atoms with Crippen molar-refractivity contribution >= 4 is 0 Å². The van der Waals surface area contributed by atoms with Gasteiger partial charge in [-0.1, -0.05) is 19.4 Å². The Morgan fingerprint density at radius 2 is 2.26 bits per heavy atom. The van der Waals surface area contributed by atoms with Crippen molar-refractivity contribution in [3.8, 4) is 5.75 Å². The van der Waals surface area contributed by atoms with Crippen LogP contribution in [0.2, 0.25) is 0 Å². The quantitative estimate of drug-likeness (QED) is 0.907. The van der Waals surface area contributed by atoms with Crippen LogP contribution >= 0.6 is 0 Å². The summed E-state index contributed by atoms with van der Waals surface area (Å²) >= 11 is 0. The van der Waals surface area contributed by atoms with Crippen molar-refractivity contribution < 1.29 is 14.6 Å². The first-order valence-electron chi connectivity index (χ1n) is 7.08. The van der Waals surface area contributed by atoms with Gasteiger partial charge in [0.15, 0.2) is 0 Å². The maximum absolute atomic E-state index is 11.0. The number of methoxy groups -OCH3 is 1. The van der Waals surface area contributed by atoms with Crippen LogP contribution in [0.15, 0.2) is 18.2 Å². The fraction of sp³-hybridized carbons (Fsp3) is 0.625. The highest BCUT2D eigenvalue weighted by Gasteiger charge is 2.37. The molecule has 1 saturated heterocycles. The number of rotatable bonds is 4. The summed E-state index contributed by atoms with van der Waals surface area (Å²) in [4.78, 5) is 0. The second-order valence-corrected chi connectivity index (χ2v) is 5.45. The van der Waals surface area contributed by atoms with Crippen molar-refractivity contribution in [3.05, 3.63) is 29.3 Å². The van der Waals surface area contributed by atoms with E-state index in [1.165, 1.54) is 0 Å². The number of aliphatic hydroxyl groups is 1. The molecule has 106 valence electrons. The maximum atomic E-state index is 11.0. The van der Waals surface area contributed by atoms with Crippen molar-refractivity contribution in [2.24, 2.45) is 0 Å². The zero-order chi connectivity index (χ0) is 13.9. The summed E-state index contributed by atoms with van der Waals surface area (Å²) in [5.41, 5.74) is 1.34. The minimum Gasteiger partial charge on any atom is -0.497 e. The monoisotopic (exact) mass is 264 g/mol. The van der Waals surface area contributed by atoms with E-state index in [2.05, 4.69) is 6.92 Å². The molecule has 1 fully saturated rings. The number of hydrogen-bond donors (Lipinski definition) is 1. The van der Waals surface area contributed by atoms with Gasteiger partial charge in [0.05, 0.1) is 25.4 Å². The van der Waals surface area contributed by atoms with Crippen LogP contribution in [0, 0.1) is 6.92 Å². The van der Waals surface area contributed by atoms with E-state index in [0.29, 0.717) is 19.4 Å². The van der Waals surface area contributed by atoms with Gasteiger partial charge in [0, 0.05) is 12.8 Å². The Hall–Kier alpha value is -1.06. The van der Waals surface area contributed by atoms with E-state index in [1.54, 1.807) is 7.11 Å². The predicted octanol–water partition coefficient (Wildman–Crippen LogP) is 3.17. The lowest BCUT2D eigenvalue weighted by molar-refractivity contribution is -0.110. The fourth-order valence-corrected chi connectivity index (χ4v) is 2.97. The molecule has 0 spiro atoms. The minimum atomic E-state index is -0.756. The molecule has 19 heavy (non-hydrogen) atoms. The van der Waals surface area contributed by atoms with E-state index < -0.39 is 5.60 Å². The Kier molecular flexibility index (Phi) is 4.48. The highest BCUT2D eigenvalue weighted by Crippen LogP contribution is 2.38. The zero-order valence-electron chi connectivity index (χ0n) is 12.1. The van der Waals surface area contributed by atoms with Crippen molar-refractivity contribution in [3.63, 3.8) is 0 Å². The number of hydrogen-bond acceptors (Lipinski definition) is 3. The van der Waals surface area contributed by atoms with E-state index >= 15 is 0 Å². The molecule has 3 nitrogen and oxygen atoms in total. The third kappa shape index (κ3) is 3.10. The van der Waals surface area contributed by atoms with E-state index in [4.69, 9.17) is 9.47 Å². The summed E-state index contributed by atoms with van der Waals surface area (Å²) < 4.78 is 11.0. The third-order valence-electron chi connectivity index (χ3n) is 3.98. The molecule has 1 N–H and O–H groups in total. The van der Waals surface area contributed by atoms with Gasteiger partial charge >= 0.3 is 0 Å². The third-order valence-corrected chi connectivity index (χ3v) is 3.98. The highest BCUT2D eigenvalue weighted by atomic mass is 16.5. The molecule has 0 saturated carbocycles. The van der Waals surface area contributed by atoms with Crippen LogP contribution < -0.4 is 4.74 Å². The van der Waals surface area contributed by atoms with Gasteiger partial charge in [-0.3, -0.25) is 0 Å². The second kappa shape index (κ2) is 5.93. The van der Waals surface area contributed by atoms with Gasteiger partial charge < -0.3 is 14.6 Å². The molecule has 0 aliphatic carbocycles. The number of benzene rings is 1. The smallest absolute Gasteiger partial charge is 0.119 e. The van der Waals surface area contributed by atoms with Crippen LogP contribution in [0.3, 0.4) is 0 Å². The molecular weight excluding hydrogens is 240 g/mol. The van der Waals surface area contributed by atoms with Crippen LogP contribution in [0.25, 0.3) is 0 Å². The summed E-state index contributed by atoms with van der Waals surface area (Å²) in [7, 11) is 1.66. The predicted molar refractivity (Wildman–Crippen MR) is 75.5 cm³/mol. The SMILES string of the molecule is CCCC1CC(O)(c2ccc(OC)cc2C)CCO1. The molecule has 1 aromatic rings. The molecule has 0 bridgehead atoms. The summed E-state index contributed by atoms with van der Waals surface area (Å²) in [5.74, 6) is 0.835. The molecule has 0 radical (unpaired) electrons. The first-order chi connectivity index (χ1) is 9.09. The topological polar surface area (TPSA) is 38.7 Å². The van der Waals surface area contributed by atoms with Crippen molar-refractivity contribution in [1.82, 2.24) is 0 Å². The van der Waals surface area contributed by atoms with Gasteiger partial charge in [0.1, 0.15) is 5.75 Å². The molecule has 2 rings (SSSR count). The van der Waals surface area contributed by atoms with Gasteiger partial charge in [-0.25, -0.2) is 0 Å². The van der Waals surface area contributed by atoms with E-state index in [-0.39, 0.29) is 6.10 Å². The zero-order valence-corrected chi connectivity index (χ0v) is 12.1. The molecule has 1 aliphatic heterocycles. The van der Waals surface area contributed by atoms with Gasteiger partial charge in [-0.2, -0.15) is 0 Å². The van der Waals surface area contributed by atoms with Gasteiger partial charge in [0.25, 0.3) is 0 Å². The average molecular weight is 264 g/mol. The van der Waals surface area contributed by atoms with Gasteiger partial charge in [0.2, 0.25) is 0 Å². The lowest BCUT2D eigenvalue weighted by atomic mass is 9.81. The first kappa shape index (κ1) is 14.4. The Morgan fingerprint density at radius 3 is 2.89 bits per heavy atom. The maximum Gasteiger partial charge on any atom is 0.119 e. The van der Waals surface area contributed by atoms with Gasteiger partial charge in [-0.15, -0.1) is 0 Å². The molecule has 0 aromatic heterocycles. The molecule has 2 atom stereocenters. The minimum absolute atomic E-state index is 0.172. The van der Waals surface area contributed by atoms with E-state index in [9.17, 15) is 5.11 Å². The summed E-state index contributed by atoms with van der Waals surface area (Å²) in [5, 5.41) is 11.0. The van der Waals surface area contributed by atoms with Crippen molar-refractivity contribution in [2.45, 2.75) is 51.2 Å². The lowest BCUT2D eigenvalue weighted by Crippen LogP contribution is -2.39. The van der Waals surface area contributed by atoms with Crippen LogP contribution in [0.1, 0.15) is 43.7 Å². The van der Waals surface area contributed by atoms with Crippen LogP contribution in [-0.2, 0) is 10.3 Å². The van der Waals surface area contributed by atoms with E-state index in [0.717, 1.165) is 29.7 Å². The average Bonchev–Trinajstić information content (AvgIpc) is 2.38. The normalized spacial score (nSPS) is 27.3. The molecular formula is C16H24O3. The Balaban J connectivity index is 2.23. The van der Waals surface area contributed by atoms with Crippen LogP contribution in [0.4, 0.5) is 0 Å². The molecule has 0 amide bonds. The largest absolute Gasteiger partial charge is 0.497 e. The molecule has 3 heteroatoms. The first-order valence-corrected chi connectivity index (χ1v) is 7.08.